The molecule has 1 heterocycles. The summed E-state index contributed by atoms with van der Waals surface area (Å²) in [5.74, 6) is 1.33. The van der Waals surface area contributed by atoms with Gasteiger partial charge in [-0.05, 0) is 73.4 Å². The van der Waals surface area contributed by atoms with Gasteiger partial charge in [-0.2, -0.15) is 5.26 Å². The maximum atomic E-state index is 12.7. The lowest BCUT2D eigenvalue weighted by Crippen LogP contribution is -2.47. The van der Waals surface area contributed by atoms with Crippen molar-refractivity contribution in [2.45, 2.75) is 31.7 Å². The molecule has 35 heavy (non-hydrogen) atoms. The summed E-state index contributed by atoms with van der Waals surface area (Å²) in [6.07, 6.45) is 2.67. The third-order valence-corrected chi connectivity index (χ3v) is 5.96. The van der Waals surface area contributed by atoms with E-state index in [-0.39, 0.29) is 18.0 Å². The second-order valence-corrected chi connectivity index (χ2v) is 8.51. The number of carbonyl (C=O) groups excluding carboxylic acids is 2. The van der Waals surface area contributed by atoms with E-state index >= 15 is 0 Å². The molecule has 1 saturated heterocycles. The first-order valence-corrected chi connectivity index (χ1v) is 11.8. The van der Waals surface area contributed by atoms with Gasteiger partial charge in [-0.1, -0.05) is 30.3 Å². The number of nitrogens with zero attached hydrogens (tertiary/aromatic N) is 2. The smallest absolute Gasteiger partial charge is 0.321 e. The van der Waals surface area contributed by atoms with Crippen LogP contribution in [0.4, 0.5) is 10.5 Å². The van der Waals surface area contributed by atoms with E-state index in [1.54, 1.807) is 53.4 Å². The van der Waals surface area contributed by atoms with E-state index in [1.165, 1.54) is 0 Å². The number of anilines is 1. The van der Waals surface area contributed by atoms with Crippen molar-refractivity contribution < 1.29 is 14.3 Å². The molecule has 0 unspecified atom stereocenters. The standard InChI is InChI=1S/C28H28N4O3/c29-20-22-6-11-25(12-7-22)35-26-13-9-23(10-14-26)31-28(34)32-18-16-24(17-19-32)30-27(33)15-8-21-4-2-1-3-5-21/h1-7,9-14,24H,8,15-19H2,(H,30,33)(H,31,34). The molecule has 3 amide bonds. The van der Waals surface area contributed by atoms with Crippen molar-refractivity contribution in [3.8, 4) is 17.6 Å². The fraction of sp³-hybridized carbons (Fsp3) is 0.250. The second kappa shape index (κ2) is 11.7. The third-order valence-electron chi connectivity index (χ3n) is 5.96. The van der Waals surface area contributed by atoms with Crippen LogP contribution in [0.3, 0.4) is 0 Å². The summed E-state index contributed by atoms with van der Waals surface area (Å²) in [4.78, 5) is 26.7. The minimum Gasteiger partial charge on any atom is -0.457 e. The van der Waals surface area contributed by atoms with Gasteiger partial charge in [0.15, 0.2) is 0 Å². The summed E-state index contributed by atoms with van der Waals surface area (Å²) < 4.78 is 5.77. The van der Waals surface area contributed by atoms with Gasteiger partial charge in [-0.15, -0.1) is 0 Å². The van der Waals surface area contributed by atoms with Crippen molar-refractivity contribution in [1.29, 1.82) is 5.26 Å². The molecule has 0 radical (unpaired) electrons. The molecule has 2 N–H and O–H groups in total. The van der Waals surface area contributed by atoms with Gasteiger partial charge in [0.25, 0.3) is 0 Å². The molecule has 0 bridgehead atoms. The molecule has 0 spiro atoms. The number of carbonyl (C=O) groups is 2. The molecule has 7 heteroatoms. The summed E-state index contributed by atoms with van der Waals surface area (Å²) >= 11 is 0. The number of aryl methyl sites for hydroxylation is 1. The summed E-state index contributed by atoms with van der Waals surface area (Å²) in [7, 11) is 0. The maximum Gasteiger partial charge on any atom is 0.321 e. The molecular formula is C28H28N4O3. The second-order valence-electron chi connectivity index (χ2n) is 8.51. The minimum atomic E-state index is -0.153. The summed E-state index contributed by atoms with van der Waals surface area (Å²) in [6, 6.07) is 26.0. The number of benzene rings is 3. The van der Waals surface area contributed by atoms with Crippen LogP contribution >= 0.6 is 0 Å². The van der Waals surface area contributed by atoms with Crippen LogP contribution in [0.2, 0.25) is 0 Å². The van der Waals surface area contributed by atoms with E-state index in [2.05, 4.69) is 16.7 Å². The lowest BCUT2D eigenvalue weighted by atomic mass is 10.0. The van der Waals surface area contributed by atoms with E-state index in [0.29, 0.717) is 42.3 Å². The Hall–Kier alpha value is -4.31. The van der Waals surface area contributed by atoms with Gasteiger partial charge in [0.1, 0.15) is 11.5 Å². The zero-order valence-corrected chi connectivity index (χ0v) is 19.4. The average molecular weight is 469 g/mol. The number of likely N-dealkylation sites (tertiary alicyclic amines) is 1. The largest absolute Gasteiger partial charge is 0.457 e. The van der Waals surface area contributed by atoms with Crippen molar-refractivity contribution in [2.24, 2.45) is 0 Å². The molecule has 0 saturated carbocycles. The Morgan fingerprint density at radius 3 is 2.17 bits per heavy atom. The van der Waals surface area contributed by atoms with Crippen LogP contribution in [0.15, 0.2) is 78.9 Å². The molecule has 0 aromatic heterocycles. The molecule has 0 aliphatic carbocycles. The number of hydrogen-bond donors (Lipinski definition) is 2. The van der Waals surface area contributed by atoms with Gasteiger partial charge >= 0.3 is 6.03 Å². The van der Waals surface area contributed by atoms with E-state index in [4.69, 9.17) is 10.00 Å². The van der Waals surface area contributed by atoms with E-state index < -0.39 is 0 Å². The van der Waals surface area contributed by atoms with Crippen LogP contribution in [0.25, 0.3) is 0 Å². The van der Waals surface area contributed by atoms with Crippen molar-refractivity contribution in [3.63, 3.8) is 0 Å². The van der Waals surface area contributed by atoms with Crippen LogP contribution in [-0.2, 0) is 11.2 Å². The van der Waals surface area contributed by atoms with Crippen LogP contribution in [0.5, 0.6) is 11.5 Å². The monoisotopic (exact) mass is 468 g/mol. The molecule has 1 fully saturated rings. The summed E-state index contributed by atoms with van der Waals surface area (Å²) in [5.41, 5.74) is 2.41. The number of urea groups is 1. The zero-order valence-electron chi connectivity index (χ0n) is 19.4. The van der Waals surface area contributed by atoms with Crippen LogP contribution in [0, 0.1) is 11.3 Å². The van der Waals surface area contributed by atoms with Crippen LogP contribution in [0.1, 0.15) is 30.4 Å². The lowest BCUT2D eigenvalue weighted by Gasteiger charge is -2.32. The first-order valence-electron chi connectivity index (χ1n) is 11.8. The zero-order chi connectivity index (χ0) is 24.5. The Morgan fingerprint density at radius 2 is 1.54 bits per heavy atom. The molecule has 178 valence electrons. The summed E-state index contributed by atoms with van der Waals surface area (Å²) in [5, 5.41) is 14.9. The highest BCUT2D eigenvalue weighted by atomic mass is 16.5. The van der Waals surface area contributed by atoms with E-state index in [1.807, 2.05) is 30.3 Å². The van der Waals surface area contributed by atoms with Crippen LogP contribution in [-0.4, -0.2) is 36.0 Å². The molecular weight excluding hydrogens is 440 g/mol. The predicted molar refractivity (Wildman–Crippen MR) is 134 cm³/mol. The predicted octanol–water partition coefficient (Wildman–Crippen LogP) is 5.10. The Kier molecular flexibility index (Phi) is 7.97. The van der Waals surface area contributed by atoms with Gasteiger partial charge in [-0.25, -0.2) is 4.79 Å². The number of amides is 3. The van der Waals surface area contributed by atoms with E-state index in [0.717, 1.165) is 24.8 Å². The first kappa shape index (κ1) is 23.8. The van der Waals surface area contributed by atoms with Gasteiger partial charge in [-0.3, -0.25) is 4.79 Å². The topological polar surface area (TPSA) is 94.5 Å². The fourth-order valence-electron chi connectivity index (χ4n) is 3.97. The van der Waals surface area contributed by atoms with Crippen molar-refractivity contribution in [3.05, 3.63) is 90.0 Å². The summed E-state index contributed by atoms with van der Waals surface area (Å²) in [6.45, 7) is 1.19. The molecule has 0 atom stereocenters. The lowest BCUT2D eigenvalue weighted by molar-refractivity contribution is -0.122. The fourth-order valence-corrected chi connectivity index (χ4v) is 3.97. The Morgan fingerprint density at radius 1 is 0.914 bits per heavy atom. The Labute approximate surface area is 205 Å². The first-order chi connectivity index (χ1) is 17.1. The van der Waals surface area contributed by atoms with Gasteiger partial charge in [0.05, 0.1) is 11.6 Å². The van der Waals surface area contributed by atoms with Gasteiger partial charge in [0.2, 0.25) is 5.91 Å². The third kappa shape index (κ3) is 7.08. The number of hydrogen-bond acceptors (Lipinski definition) is 4. The molecule has 3 aromatic rings. The highest BCUT2D eigenvalue weighted by molar-refractivity contribution is 5.89. The number of nitrogens with one attached hydrogen (secondary N) is 2. The van der Waals surface area contributed by atoms with Gasteiger partial charge < -0.3 is 20.3 Å². The Balaban J connectivity index is 1.18. The van der Waals surface area contributed by atoms with Gasteiger partial charge in [0, 0.05) is 31.2 Å². The quantitative estimate of drug-likeness (QED) is 0.505. The van der Waals surface area contributed by atoms with E-state index in [9.17, 15) is 9.59 Å². The number of piperidine rings is 1. The van der Waals surface area contributed by atoms with Crippen molar-refractivity contribution >= 4 is 17.6 Å². The number of nitriles is 1. The minimum absolute atomic E-state index is 0.0556. The highest BCUT2D eigenvalue weighted by Crippen LogP contribution is 2.23. The van der Waals surface area contributed by atoms with Crippen molar-refractivity contribution in [1.82, 2.24) is 10.2 Å². The average Bonchev–Trinajstić information content (AvgIpc) is 2.90. The Bertz CT molecular complexity index is 1160. The SMILES string of the molecule is N#Cc1ccc(Oc2ccc(NC(=O)N3CCC(NC(=O)CCc4ccccc4)CC3)cc2)cc1. The molecule has 7 nitrogen and oxygen atoms in total. The van der Waals surface area contributed by atoms with Crippen LogP contribution < -0.4 is 15.4 Å². The molecule has 1 aliphatic heterocycles. The number of ether oxygens (including phenoxy) is 1. The normalized spacial score (nSPS) is 13.5. The maximum absolute atomic E-state index is 12.7. The molecule has 3 aromatic carbocycles. The highest BCUT2D eigenvalue weighted by Gasteiger charge is 2.23. The molecule has 1 aliphatic rings. The number of rotatable bonds is 7. The molecule has 4 rings (SSSR count). The van der Waals surface area contributed by atoms with Crippen molar-refractivity contribution in [2.75, 3.05) is 18.4 Å².